The number of nitrogens with one attached hydrogen (secondary N) is 1. The van der Waals surface area contributed by atoms with Crippen LogP contribution < -0.4 is 5.32 Å². The van der Waals surface area contributed by atoms with Gasteiger partial charge >= 0.3 is 0 Å². The Bertz CT molecular complexity index is 2190. The SMILES string of the molecule is CCCCCCC/C=C\C/C=C\C/C=C\CCCCCCCCCCCCCCCCC(=O)NC(COC1OC(CO)C(OC2OC(CO)C(OC3OC(CO)C(O)C(O)C3O)C(O)C2O)C(O)C1O)C(O)/C=C/CC/C=C/CC/C=C/CCCCCCCCCCCCCCCCCCCCCCCC. The van der Waals surface area contributed by atoms with E-state index in [9.17, 15) is 61.0 Å². The smallest absolute Gasteiger partial charge is 0.220 e. The normalized spacial score (nSPS) is 26.0. The maximum Gasteiger partial charge on any atom is 0.220 e. The summed E-state index contributed by atoms with van der Waals surface area (Å²) in [6.45, 7) is 1.74. The number of ether oxygens (including phenoxy) is 6. The van der Waals surface area contributed by atoms with Crippen LogP contribution in [0.4, 0.5) is 0 Å². The van der Waals surface area contributed by atoms with Crippen molar-refractivity contribution >= 4 is 5.91 Å². The van der Waals surface area contributed by atoms with Crippen LogP contribution in [0.25, 0.3) is 0 Å². The van der Waals surface area contributed by atoms with Gasteiger partial charge in [0.2, 0.25) is 5.91 Å². The van der Waals surface area contributed by atoms with Gasteiger partial charge in [0.15, 0.2) is 18.9 Å². The van der Waals surface area contributed by atoms with Crippen molar-refractivity contribution in [2.45, 2.75) is 446 Å². The van der Waals surface area contributed by atoms with Crippen molar-refractivity contribution in [3.8, 4) is 0 Å². The molecule has 3 fully saturated rings. The van der Waals surface area contributed by atoms with E-state index in [-0.39, 0.29) is 18.9 Å². The summed E-state index contributed by atoms with van der Waals surface area (Å²) in [6.07, 6.45) is 61.9. The molecule has 0 aliphatic carbocycles. The van der Waals surface area contributed by atoms with Gasteiger partial charge in [-0.1, -0.05) is 324 Å². The monoisotopic (exact) mass is 1500 g/mol. The third-order valence-electron chi connectivity index (χ3n) is 21.2. The van der Waals surface area contributed by atoms with Crippen molar-refractivity contribution in [1.29, 1.82) is 0 Å². The predicted molar refractivity (Wildman–Crippen MR) is 425 cm³/mol. The lowest BCUT2D eigenvalue weighted by Gasteiger charge is -2.48. The van der Waals surface area contributed by atoms with Crippen molar-refractivity contribution in [2.24, 2.45) is 0 Å². The zero-order valence-corrected chi connectivity index (χ0v) is 66.4. The molecule has 0 saturated carbocycles. The van der Waals surface area contributed by atoms with Crippen LogP contribution in [0.15, 0.2) is 72.9 Å². The number of rotatable bonds is 69. The van der Waals surface area contributed by atoms with Gasteiger partial charge in [0.05, 0.1) is 38.6 Å². The fourth-order valence-electron chi connectivity index (χ4n) is 14.3. The van der Waals surface area contributed by atoms with Gasteiger partial charge in [0.1, 0.15) is 73.2 Å². The number of unbranched alkanes of at least 4 members (excludes halogenated alkanes) is 43. The number of allylic oxidation sites excluding steroid dienone is 11. The molecule has 0 bridgehead atoms. The lowest BCUT2D eigenvalue weighted by atomic mass is 9.96. The first-order valence-electron chi connectivity index (χ1n) is 43.2. The van der Waals surface area contributed by atoms with Gasteiger partial charge in [0.25, 0.3) is 0 Å². The van der Waals surface area contributed by atoms with Crippen LogP contribution in [0, 0.1) is 0 Å². The summed E-state index contributed by atoms with van der Waals surface area (Å²) in [4.78, 5) is 13.5. The Labute approximate surface area is 642 Å². The maximum absolute atomic E-state index is 13.5. The van der Waals surface area contributed by atoms with Crippen molar-refractivity contribution in [3.05, 3.63) is 72.9 Å². The average Bonchev–Trinajstić information content (AvgIpc) is 0.781. The van der Waals surface area contributed by atoms with Crippen LogP contribution in [0.5, 0.6) is 0 Å². The van der Waals surface area contributed by atoms with Crippen LogP contribution in [-0.4, -0.2) is 193 Å². The standard InChI is InChI=1S/C87H157NO18/c1-3-5-7-9-11-13-15-17-19-21-23-25-27-29-31-33-34-35-37-38-40-42-44-46-48-50-52-54-56-58-60-62-64-71(92)70(88-75(93)65-63-61-59-57-55-53-51-49-47-45-43-41-39-36-32-30-28-26-24-22-20-18-16-14-12-10-8-6-4-2)69-101-85-81(99)78(96)83(73(67-90)103-85)106-87-82(100)79(97)84(74(68-91)104-87)105-86-80(98)77(95)76(94)72(66-89)102-86/h16,18,22,24,28,30,46,48,54,56,62,64,70-74,76-87,89-92,94-100H,3-15,17,19-21,23,25-27,29,31-45,47,49-53,55,57-61,63,65-69H2,1-2H3,(H,88,93)/b18-16-,24-22-,30-28-,48-46+,56-54+,64-62+. The first kappa shape index (κ1) is 97.4. The Balaban J connectivity index is 1.37. The lowest BCUT2D eigenvalue weighted by molar-refractivity contribution is -0.379. The van der Waals surface area contributed by atoms with E-state index in [0.717, 1.165) is 57.8 Å². The summed E-state index contributed by atoms with van der Waals surface area (Å²) in [5.41, 5.74) is 0. The van der Waals surface area contributed by atoms with E-state index in [0.29, 0.717) is 12.8 Å². The molecule has 17 unspecified atom stereocenters. The van der Waals surface area contributed by atoms with Crippen molar-refractivity contribution in [3.63, 3.8) is 0 Å². The van der Waals surface area contributed by atoms with E-state index in [1.807, 2.05) is 6.08 Å². The molecule has 618 valence electrons. The number of amides is 1. The van der Waals surface area contributed by atoms with Gasteiger partial charge in [-0.15, -0.1) is 0 Å². The number of aliphatic hydroxyl groups is 11. The summed E-state index contributed by atoms with van der Waals surface area (Å²) in [7, 11) is 0. The third kappa shape index (κ3) is 45.7. The van der Waals surface area contributed by atoms with E-state index in [1.165, 1.54) is 250 Å². The van der Waals surface area contributed by atoms with E-state index >= 15 is 0 Å². The minimum atomic E-state index is -1.99. The highest BCUT2D eigenvalue weighted by atomic mass is 16.8. The molecule has 3 heterocycles. The molecule has 19 nitrogen and oxygen atoms in total. The quantitative estimate of drug-likeness (QED) is 0.0199. The highest BCUT2D eigenvalue weighted by Crippen LogP contribution is 2.33. The fraction of sp³-hybridized carbons (Fsp3) is 0.851. The molecular weight excluding hydrogens is 1350 g/mol. The van der Waals surface area contributed by atoms with Crippen LogP contribution in [0.1, 0.15) is 341 Å². The second-order valence-corrected chi connectivity index (χ2v) is 30.6. The second-order valence-electron chi connectivity index (χ2n) is 30.6. The number of carbonyl (C=O) groups is 1. The van der Waals surface area contributed by atoms with E-state index in [1.54, 1.807) is 6.08 Å². The molecule has 3 saturated heterocycles. The Hall–Kier alpha value is -2.77. The molecule has 0 aromatic rings. The Morgan fingerprint density at radius 3 is 1.01 bits per heavy atom. The topological polar surface area (TPSA) is 307 Å². The predicted octanol–water partition coefficient (Wildman–Crippen LogP) is 15.6. The van der Waals surface area contributed by atoms with Crippen molar-refractivity contribution in [1.82, 2.24) is 5.32 Å². The molecule has 1 amide bonds. The average molecular weight is 1510 g/mol. The molecular formula is C87H157NO18. The summed E-state index contributed by atoms with van der Waals surface area (Å²) in [5.74, 6) is -0.288. The molecule has 12 N–H and O–H groups in total. The van der Waals surface area contributed by atoms with Gasteiger partial charge < -0.3 is 89.9 Å². The number of aliphatic hydroxyl groups excluding tert-OH is 11. The molecule has 3 rings (SSSR count). The molecule has 0 radical (unpaired) electrons. The summed E-state index contributed by atoms with van der Waals surface area (Å²) in [5, 5.41) is 121. The number of carbonyl (C=O) groups excluding carboxylic acids is 1. The van der Waals surface area contributed by atoms with E-state index < -0.39 is 124 Å². The minimum Gasteiger partial charge on any atom is -0.394 e. The molecule has 0 aromatic heterocycles. The third-order valence-corrected chi connectivity index (χ3v) is 21.2. The molecule has 0 spiro atoms. The maximum atomic E-state index is 13.5. The zero-order chi connectivity index (χ0) is 76.7. The molecule has 3 aliphatic rings. The van der Waals surface area contributed by atoms with E-state index in [2.05, 4.69) is 79.9 Å². The largest absolute Gasteiger partial charge is 0.394 e. The highest BCUT2D eigenvalue weighted by molar-refractivity contribution is 5.76. The van der Waals surface area contributed by atoms with Crippen LogP contribution in [0.2, 0.25) is 0 Å². The highest BCUT2D eigenvalue weighted by Gasteiger charge is 2.54. The minimum absolute atomic E-state index is 0.229. The summed E-state index contributed by atoms with van der Waals surface area (Å²) in [6, 6.07) is -1.00. The number of hydrogen-bond donors (Lipinski definition) is 12. The van der Waals surface area contributed by atoms with Crippen LogP contribution in [-0.2, 0) is 33.2 Å². The Morgan fingerprint density at radius 2 is 0.632 bits per heavy atom. The molecule has 19 heteroatoms. The van der Waals surface area contributed by atoms with Gasteiger partial charge in [-0.3, -0.25) is 4.79 Å². The molecule has 0 aromatic carbocycles. The molecule has 17 atom stereocenters. The first-order chi connectivity index (χ1) is 51.8. The second kappa shape index (κ2) is 66.8. The van der Waals surface area contributed by atoms with Crippen LogP contribution in [0.3, 0.4) is 0 Å². The van der Waals surface area contributed by atoms with Crippen LogP contribution >= 0.6 is 0 Å². The summed E-state index contributed by atoms with van der Waals surface area (Å²) >= 11 is 0. The van der Waals surface area contributed by atoms with Crippen molar-refractivity contribution in [2.75, 3.05) is 26.4 Å². The fourth-order valence-corrected chi connectivity index (χ4v) is 14.3. The Morgan fingerprint density at radius 1 is 0.340 bits per heavy atom. The first-order valence-corrected chi connectivity index (χ1v) is 43.2. The van der Waals surface area contributed by atoms with Gasteiger partial charge in [-0.05, 0) is 83.5 Å². The van der Waals surface area contributed by atoms with Gasteiger partial charge in [0, 0.05) is 6.42 Å². The van der Waals surface area contributed by atoms with Gasteiger partial charge in [-0.25, -0.2) is 0 Å². The van der Waals surface area contributed by atoms with Crippen molar-refractivity contribution < 1.29 is 89.4 Å². The zero-order valence-electron chi connectivity index (χ0n) is 66.4. The van der Waals surface area contributed by atoms with E-state index in [4.69, 9.17) is 28.4 Å². The summed E-state index contributed by atoms with van der Waals surface area (Å²) < 4.78 is 34.5. The van der Waals surface area contributed by atoms with Gasteiger partial charge in [-0.2, -0.15) is 0 Å². The lowest BCUT2D eigenvalue weighted by Crippen LogP contribution is -2.66. The number of hydrogen-bond acceptors (Lipinski definition) is 18. The molecule has 106 heavy (non-hydrogen) atoms. The Kier molecular flexibility index (Phi) is 61.4. The molecule has 3 aliphatic heterocycles.